The number of halogens is 1. The lowest BCUT2D eigenvalue weighted by Crippen LogP contribution is -2.39. The standard InChI is InChI=1S/C23H22FN3O4S/c1-17(18-8-10-19(24)11-9-18)25-26-23(28)16-27(32(2,29)30)20-12-14-22(15-13-20)31-21-6-4-3-5-7-21/h3-15H,16H2,1-2H3,(H,26,28)/b25-17-. The van der Waals surface area contributed by atoms with E-state index in [1.54, 1.807) is 43.3 Å². The van der Waals surface area contributed by atoms with Gasteiger partial charge in [-0.15, -0.1) is 0 Å². The molecule has 0 atom stereocenters. The van der Waals surface area contributed by atoms with Gasteiger partial charge in [0.25, 0.3) is 5.91 Å². The summed E-state index contributed by atoms with van der Waals surface area (Å²) >= 11 is 0. The van der Waals surface area contributed by atoms with Crippen LogP contribution in [0.15, 0.2) is 84.0 Å². The Kier molecular flexibility index (Phi) is 7.21. The van der Waals surface area contributed by atoms with Gasteiger partial charge < -0.3 is 4.74 Å². The van der Waals surface area contributed by atoms with Crippen LogP contribution in [0.25, 0.3) is 0 Å². The van der Waals surface area contributed by atoms with Crippen LogP contribution in [-0.4, -0.2) is 32.8 Å². The lowest BCUT2D eigenvalue weighted by atomic mass is 10.1. The molecular weight excluding hydrogens is 433 g/mol. The first-order valence-electron chi connectivity index (χ1n) is 9.62. The van der Waals surface area contributed by atoms with E-state index in [1.807, 2.05) is 18.2 Å². The van der Waals surface area contributed by atoms with Gasteiger partial charge in [-0.05, 0) is 61.0 Å². The maximum absolute atomic E-state index is 13.0. The van der Waals surface area contributed by atoms with E-state index in [1.165, 1.54) is 24.3 Å². The molecule has 0 heterocycles. The number of ether oxygens (including phenoxy) is 1. The van der Waals surface area contributed by atoms with Gasteiger partial charge >= 0.3 is 0 Å². The molecular formula is C23H22FN3O4S. The Bertz CT molecular complexity index is 1200. The number of nitrogens with zero attached hydrogens (tertiary/aromatic N) is 2. The number of hydrazone groups is 1. The van der Waals surface area contributed by atoms with Gasteiger partial charge in [0.05, 0.1) is 17.7 Å². The van der Waals surface area contributed by atoms with Crippen molar-refractivity contribution in [3.63, 3.8) is 0 Å². The number of hydrogen-bond acceptors (Lipinski definition) is 5. The molecule has 0 aliphatic carbocycles. The van der Waals surface area contributed by atoms with E-state index in [9.17, 15) is 17.6 Å². The third kappa shape index (κ3) is 6.39. The molecule has 0 saturated heterocycles. The smallest absolute Gasteiger partial charge is 0.260 e. The van der Waals surface area contributed by atoms with Gasteiger partial charge in [0, 0.05) is 0 Å². The van der Waals surface area contributed by atoms with Crippen LogP contribution in [0.5, 0.6) is 11.5 Å². The molecule has 166 valence electrons. The monoisotopic (exact) mass is 455 g/mol. The number of para-hydroxylation sites is 1. The number of rotatable bonds is 8. The fourth-order valence-corrected chi connectivity index (χ4v) is 3.63. The van der Waals surface area contributed by atoms with E-state index in [0.717, 1.165) is 10.6 Å². The van der Waals surface area contributed by atoms with Gasteiger partial charge in [-0.25, -0.2) is 18.2 Å². The maximum atomic E-state index is 13.0. The SMILES string of the molecule is C/C(=N/NC(=O)CN(c1ccc(Oc2ccccc2)cc1)S(C)(=O)=O)c1ccc(F)cc1. The molecule has 0 fully saturated rings. The second-order valence-corrected chi connectivity index (χ2v) is 8.82. The average Bonchev–Trinajstić information content (AvgIpc) is 2.77. The van der Waals surface area contributed by atoms with Crippen LogP contribution in [0.4, 0.5) is 10.1 Å². The average molecular weight is 456 g/mol. The molecule has 0 radical (unpaired) electrons. The van der Waals surface area contributed by atoms with E-state index < -0.39 is 22.5 Å². The third-order valence-corrected chi connectivity index (χ3v) is 5.54. The minimum atomic E-state index is -3.74. The van der Waals surface area contributed by atoms with E-state index in [0.29, 0.717) is 28.5 Å². The van der Waals surface area contributed by atoms with Crippen molar-refractivity contribution in [1.29, 1.82) is 0 Å². The number of hydrogen-bond donors (Lipinski definition) is 1. The van der Waals surface area contributed by atoms with Crippen LogP contribution in [0.2, 0.25) is 0 Å². The van der Waals surface area contributed by atoms with Crippen molar-refractivity contribution in [2.75, 3.05) is 17.1 Å². The van der Waals surface area contributed by atoms with Crippen LogP contribution in [0, 0.1) is 5.82 Å². The van der Waals surface area contributed by atoms with Gasteiger partial charge in [-0.2, -0.15) is 5.10 Å². The van der Waals surface area contributed by atoms with Gasteiger partial charge in [-0.1, -0.05) is 30.3 Å². The van der Waals surface area contributed by atoms with Crippen molar-refractivity contribution in [2.24, 2.45) is 5.10 Å². The molecule has 0 bridgehead atoms. The highest BCUT2D eigenvalue weighted by atomic mass is 32.2. The van der Waals surface area contributed by atoms with Crippen LogP contribution < -0.4 is 14.5 Å². The second-order valence-electron chi connectivity index (χ2n) is 6.92. The zero-order chi connectivity index (χ0) is 23.1. The number of anilines is 1. The van der Waals surface area contributed by atoms with Gasteiger partial charge in [-0.3, -0.25) is 9.10 Å². The van der Waals surface area contributed by atoms with E-state index >= 15 is 0 Å². The highest BCUT2D eigenvalue weighted by Gasteiger charge is 2.21. The van der Waals surface area contributed by atoms with Crippen molar-refractivity contribution in [3.8, 4) is 11.5 Å². The first-order valence-corrected chi connectivity index (χ1v) is 11.5. The number of amides is 1. The summed E-state index contributed by atoms with van der Waals surface area (Å²) in [4.78, 5) is 12.4. The molecule has 1 N–H and O–H groups in total. The lowest BCUT2D eigenvalue weighted by molar-refractivity contribution is -0.119. The lowest BCUT2D eigenvalue weighted by Gasteiger charge is -2.21. The minimum Gasteiger partial charge on any atom is -0.457 e. The molecule has 0 aromatic heterocycles. The molecule has 9 heteroatoms. The Labute approximate surface area is 186 Å². The van der Waals surface area contributed by atoms with Crippen molar-refractivity contribution < 1.29 is 22.3 Å². The Balaban J connectivity index is 1.69. The Morgan fingerprint density at radius 3 is 2.16 bits per heavy atom. The van der Waals surface area contributed by atoms with Crippen molar-refractivity contribution in [1.82, 2.24) is 5.43 Å². The summed E-state index contributed by atoms with van der Waals surface area (Å²) in [5.41, 5.74) is 3.72. The molecule has 0 unspecified atom stereocenters. The number of benzene rings is 3. The second kappa shape index (κ2) is 10.1. The minimum absolute atomic E-state index is 0.308. The summed E-state index contributed by atoms with van der Waals surface area (Å²) in [7, 11) is -3.74. The molecule has 3 aromatic carbocycles. The molecule has 0 aliphatic rings. The van der Waals surface area contributed by atoms with Crippen LogP contribution in [0.3, 0.4) is 0 Å². The van der Waals surface area contributed by atoms with Gasteiger partial charge in [0.2, 0.25) is 10.0 Å². The van der Waals surface area contributed by atoms with Crippen molar-refractivity contribution in [2.45, 2.75) is 6.92 Å². The first kappa shape index (κ1) is 23.0. The van der Waals surface area contributed by atoms with Crippen LogP contribution >= 0.6 is 0 Å². The number of sulfonamides is 1. The quantitative estimate of drug-likeness (QED) is 0.412. The summed E-state index contributed by atoms with van der Waals surface area (Å²) in [6, 6.07) is 21.1. The predicted molar refractivity (Wildman–Crippen MR) is 122 cm³/mol. The normalized spacial score (nSPS) is 11.7. The zero-order valence-electron chi connectivity index (χ0n) is 17.5. The fraction of sp³-hybridized carbons (Fsp3) is 0.130. The molecule has 3 aromatic rings. The molecule has 1 amide bonds. The van der Waals surface area contributed by atoms with Crippen LogP contribution in [0.1, 0.15) is 12.5 Å². The summed E-state index contributed by atoms with van der Waals surface area (Å²) in [6.45, 7) is 1.19. The summed E-state index contributed by atoms with van der Waals surface area (Å²) in [5.74, 6) is 0.169. The molecule has 7 nitrogen and oxygen atoms in total. The molecule has 3 rings (SSSR count). The van der Waals surface area contributed by atoms with Crippen molar-refractivity contribution in [3.05, 3.63) is 90.2 Å². The van der Waals surface area contributed by atoms with Gasteiger partial charge in [0.15, 0.2) is 0 Å². The summed E-state index contributed by atoms with van der Waals surface area (Å²) in [6.07, 6.45) is 1.02. The van der Waals surface area contributed by atoms with E-state index in [-0.39, 0.29) is 5.82 Å². The number of carbonyl (C=O) groups is 1. The maximum Gasteiger partial charge on any atom is 0.260 e. The summed E-state index contributed by atoms with van der Waals surface area (Å²) in [5, 5.41) is 3.97. The van der Waals surface area contributed by atoms with Gasteiger partial charge in [0.1, 0.15) is 23.9 Å². The predicted octanol–water partition coefficient (Wildman–Crippen LogP) is 3.92. The molecule has 0 aliphatic heterocycles. The molecule has 32 heavy (non-hydrogen) atoms. The highest BCUT2D eigenvalue weighted by Crippen LogP contribution is 2.25. The van der Waals surface area contributed by atoms with E-state index in [2.05, 4.69) is 10.5 Å². The topological polar surface area (TPSA) is 88.1 Å². The summed E-state index contributed by atoms with van der Waals surface area (Å²) < 4.78 is 44.3. The fourth-order valence-electron chi connectivity index (χ4n) is 2.77. The Hall–Kier alpha value is -3.72. The largest absolute Gasteiger partial charge is 0.457 e. The molecule has 0 spiro atoms. The van der Waals surface area contributed by atoms with E-state index in [4.69, 9.17) is 4.74 Å². The number of carbonyl (C=O) groups excluding carboxylic acids is 1. The Morgan fingerprint density at radius 2 is 1.56 bits per heavy atom. The first-order chi connectivity index (χ1) is 15.2. The Morgan fingerprint density at radius 1 is 0.969 bits per heavy atom. The van der Waals surface area contributed by atoms with Crippen molar-refractivity contribution >= 4 is 27.3 Å². The third-order valence-electron chi connectivity index (χ3n) is 4.40. The number of nitrogens with one attached hydrogen (secondary N) is 1. The van der Waals surface area contributed by atoms with Crippen LogP contribution in [-0.2, 0) is 14.8 Å². The molecule has 0 saturated carbocycles. The zero-order valence-corrected chi connectivity index (χ0v) is 18.3. The highest BCUT2D eigenvalue weighted by molar-refractivity contribution is 7.92.